The number of carboxylic acid groups (broad SMARTS) is 1. The van der Waals surface area contributed by atoms with Gasteiger partial charge in [0, 0.05) is 18.9 Å². The first kappa shape index (κ1) is 16.9. The molecule has 0 spiro atoms. The molecule has 0 bridgehead atoms. The summed E-state index contributed by atoms with van der Waals surface area (Å²) in [6.07, 6.45) is 1.56. The van der Waals surface area contributed by atoms with Crippen LogP contribution in [0.5, 0.6) is 0 Å². The van der Waals surface area contributed by atoms with Crippen molar-refractivity contribution in [1.29, 1.82) is 0 Å². The summed E-state index contributed by atoms with van der Waals surface area (Å²) in [7, 11) is 0. The standard InChI is InChI=1S/C13H26N2O3/c1-9(2)6-11(7-12(16)17)8-15-13(18)10(3)4-5-14/h9-11H,4-8,14H2,1-3H3,(H,15,18)(H,16,17)/t10?,11-/m0/s1. The summed E-state index contributed by atoms with van der Waals surface area (Å²) in [6, 6.07) is 0. The number of nitrogens with one attached hydrogen (secondary N) is 1. The van der Waals surface area contributed by atoms with Gasteiger partial charge in [-0.05, 0) is 31.2 Å². The lowest BCUT2D eigenvalue weighted by Gasteiger charge is -2.19. The van der Waals surface area contributed by atoms with Crippen molar-refractivity contribution in [2.75, 3.05) is 13.1 Å². The van der Waals surface area contributed by atoms with Gasteiger partial charge in [-0.1, -0.05) is 20.8 Å². The van der Waals surface area contributed by atoms with E-state index in [0.717, 1.165) is 6.42 Å². The Kier molecular flexibility index (Phi) is 8.37. The van der Waals surface area contributed by atoms with Gasteiger partial charge in [0.05, 0.1) is 0 Å². The molecule has 1 amide bonds. The minimum atomic E-state index is -0.815. The quantitative estimate of drug-likeness (QED) is 0.580. The molecule has 0 fully saturated rings. The Morgan fingerprint density at radius 1 is 1.28 bits per heavy atom. The van der Waals surface area contributed by atoms with Gasteiger partial charge in [-0.15, -0.1) is 0 Å². The maximum absolute atomic E-state index is 11.7. The Hall–Kier alpha value is -1.10. The molecule has 0 aliphatic heterocycles. The Labute approximate surface area is 109 Å². The summed E-state index contributed by atoms with van der Waals surface area (Å²) in [6.45, 7) is 6.84. The summed E-state index contributed by atoms with van der Waals surface area (Å²) < 4.78 is 0. The summed E-state index contributed by atoms with van der Waals surface area (Å²) in [5, 5.41) is 11.6. The molecule has 0 saturated carbocycles. The molecule has 0 aromatic heterocycles. The van der Waals surface area contributed by atoms with Crippen LogP contribution in [0.25, 0.3) is 0 Å². The average molecular weight is 258 g/mol. The number of carbonyl (C=O) groups excluding carboxylic acids is 1. The molecule has 0 aliphatic carbocycles. The van der Waals surface area contributed by atoms with E-state index in [1.54, 1.807) is 0 Å². The third-order valence-corrected chi connectivity index (χ3v) is 2.88. The Bertz CT molecular complexity index is 267. The van der Waals surface area contributed by atoms with Gasteiger partial charge < -0.3 is 16.2 Å². The first-order chi connectivity index (χ1) is 8.36. The van der Waals surface area contributed by atoms with E-state index in [4.69, 9.17) is 10.8 Å². The minimum absolute atomic E-state index is 0.00322. The van der Waals surface area contributed by atoms with Crippen LogP contribution in [-0.4, -0.2) is 30.1 Å². The van der Waals surface area contributed by atoms with Gasteiger partial charge in [-0.25, -0.2) is 0 Å². The van der Waals surface area contributed by atoms with Gasteiger partial charge >= 0.3 is 5.97 Å². The second-order valence-electron chi connectivity index (χ2n) is 5.32. The normalized spacial score (nSPS) is 14.3. The fraction of sp³-hybridized carbons (Fsp3) is 0.846. The Balaban J connectivity index is 4.16. The highest BCUT2D eigenvalue weighted by Crippen LogP contribution is 2.15. The van der Waals surface area contributed by atoms with Crippen LogP contribution in [-0.2, 0) is 9.59 Å². The van der Waals surface area contributed by atoms with Crippen molar-refractivity contribution in [2.24, 2.45) is 23.5 Å². The van der Waals surface area contributed by atoms with E-state index in [2.05, 4.69) is 5.32 Å². The van der Waals surface area contributed by atoms with Crippen LogP contribution < -0.4 is 11.1 Å². The molecule has 0 heterocycles. The number of hydrogen-bond acceptors (Lipinski definition) is 3. The van der Waals surface area contributed by atoms with Gasteiger partial charge in [0.2, 0.25) is 5.91 Å². The van der Waals surface area contributed by atoms with Crippen LogP contribution in [0.4, 0.5) is 0 Å². The van der Waals surface area contributed by atoms with E-state index in [1.165, 1.54) is 0 Å². The van der Waals surface area contributed by atoms with Crippen molar-refractivity contribution in [3.63, 3.8) is 0 Å². The monoisotopic (exact) mass is 258 g/mol. The molecule has 0 radical (unpaired) electrons. The summed E-state index contributed by atoms with van der Waals surface area (Å²) in [4.78, 5) is 22.4. The Morgan fingerprint density at radius 3 is 2.33 bits per heavy atom. The van der Waals surface area contributed by atoms with Gasteiger partial charge in [0.25, 0.3) is 0 Å². The van der Waals surface area contributed by atoms with Crippen molar-refractivity contribution in [3.8, 4) is 0 Å². The van der Waals surface area contributed by atoms with Crippen molar-refractivity contribution in [1.82, 2.24) is 5.32 Å². The highest BCUT2D eigenvalue weighted by Gasteiger charge is 2.18. The highest BCUT2D eigenvalue weighted by molar-refractivity contribution is 5.78. The predicted molar refractivity (Wildman–Crippen MR) is 71.0 cm³/mol. The van der Waals surface area contributed by atoms with Gasteiger partial charge in [-0.2, -0.15) is 0 Å². The summed E-state index contributed by atoms with van der Waals surface area (Å²) in [5.74, 6) is -0.548. The number of carboxylic acids is 1. The molecule has 0 rings (SSSR count). The largest absolute Gasteiger partial charge is 0.481 e. The lowest BCUT2D eigenvalue weighted by atomic mass is 9.94. The number of carbonyl (C=O) groups is 2. The van der Waals surface area contributed by atoms with Gasteiger partial charge in [-0.3, -0.25) is 9.59 Å². The van der Waals surface area contributed by atoms with Crippen LogP contribution in [0, 0.1) is 17.8 Å². The third kappa shape index (κ3) is 8.06. The first-order valence-electron chi connectivity index (χ1n) is 6.56. The van der Waals surface area contributed by atoms with Crippen LogP contribution >= 0.6 is 0 Å². The zero-order valence-corrected chi connectivity index (χ0v) is 11.6. The van der Waals surface area contributed by atoms with Gasteiger partial charge in [0.1, 0.15) is 0 Å². The third-order valence-electron chi connectivity index (χ3n) is 2.88. The van der Waals surface area contributed by atoms with Crippen molar-refractivity contribution < 1.29 is 14.7 Å². The van der Waals surface area contributed by atoms with E-state index in [0.29, 0.717) is 25.4 Å². The van der Waals surface area contributed by atoms with E-state index in [-0.39, 0.29) is 24.2 Å². The minimum Gasteiger partial charge on any atom is -0.481 e. The first-order valence-corrected chi connectivity index (χ1v) is 6.56. The topological polar surface area (TPSA) is 92.4 Å². The summed E-state index contributed by atoms with van der Waals surface area (Å²) in [5.41, 5.74) is 5.40. The SMILES string of the molecule is CC(C)C[C@H](CNC(=O)C(C)CCN)CC(=O)O. The summed E-state index contributed by atoms with van der Waals surface area (Å²) >= 11 is 0. The lowest BCUT2D eigenvalue weighted by Crippen LogP contribution is -2.35. The molecule has 5 nitrogen and oxygen atoms in total. The average Bonchev–Trinajstić information content (AvgIpc) is 2.24. The predicted octanol–water partition coefficient (Wildman–Crippen LogP) is 1.22. The molecule has 4 N–H and O–H groups in total. The van der Waals surface area contributed by atoms with Gasteiger partial charge in [0.15, 0.2) is 0 Å². The molecule has 106 valence electrons. The zero-order valence-electron chi connectivity index (χ0n) is 11.6. The molecule has 18 heavy (non-hydrogen) atoms. The van der Waals surface area contributed by atoms with Crippen LogP contribution in [0.1, 0.15) is 40.0 Å². The highest BCUT2D eigenvalue weighted by atomic mass is 16.4. The van der Waals surface area contributed by atoms with Crippen molar-refractivity contribution >= 4 is 11.9 Å². The number of rotatable bonds is 9. The van der Waals surface area contributed by atoms with E-state index < -0.39 is 5.97 Å². The number of hydrogen-bond donors (Lipinski definition) is 3. The van der Waals surface area contributed by atoms with E-state index in [1.807, 2.05) is 20.8 Å². The van der Waals surface area contributed by atoms with Crippen LogP contribution in [0.15, 0.2) is 0 Å². The number of nitrogens with two attached hydrogens (primary N) is 1. The maximum Gasteiger partial charge on any atom is 0.303 e. The smallest absolute Gasteiger partial charge is 0.303 e. The van der Waals surface area contributed by atoms with E-state index >= 15 is 0 Å². The fourth-order valence-corrected chi connectivity index (χ4v) is 1.95. The molecule has 0 saturated heterocycles. The molecular formula is C13H26N2O3. The van der Waals surface area contributed by atoms with Crippen molar-refractivity contribution in [2.45, 2.75) is 40.0 Å². The molecule has 0 aromatic rings. The molecule has 0 aromatic carbocycles. The number of amides is 1. The maximum atomic E-state index is 11.7. The number of aliphatic carboxylic acids is 1. The fourth-order valence-electron chi connectivity index (χ4n) is 1.95. The second-order valence-corrected chi connectivity index (χ2v) is 5.32. The molecule has 2 atom stereocenters. The van der Waals surface area contributed by atoms with E-state index in [9.17, 15) is 9.59 Å². The molecule has 0 aliphatic rings. The van der Waals surface area contributed by atoms with Crippen molar-refractivity contribution in [3.05, 3.63) is 0 Å². The zero-order chi connectivity index (χ0) is 14.1. The molecular weight excluding hydrogens is 232 g/mol. The molecule has 5 heteroatoms. The molecule has 1 unspecified atom stereocenters. The van der Waals surface area contributed by atoms with Crippen LogP contribution in [0.3, 0.4) is 0 Å². The Morgan fingerprint density at radius 2 is 1.89 bits per heavy atom. The lowest BCUT2D eigenvalue weighted by molar-refractivity contribution is -0.138. The second kappa shape index (κ2) is 8.91. The van der Waals surface area contributed by atoms with Crippen LogP contribution in [0.2, 0.25) is 0 Å².